The van der Waals surface area contributed by atoms with Crippen LogP contribution in [-0.4, -0.2) is 28.7 Å². The highest BCUT2D eigenvalue weighted by atomic mass is 35.5. The lowest BCUT2D eigenvalue weighted by atomic mass is 10.1. The molecule has 8 heteroatoms. The standard InChI is InChI=1S/C22H18Cl2N4O2/c1-29-22-21(30-7-3-5-15-4-2-6-26-11-15)9-17(12-28-22)16(10-25)8-18-19(23)13-27-14-20(18)24/h2,4,6,8-9,11-14H,3,5,7H2,1H3. The average Bonchev–Trinajstić information content (AvgIpc) is 2.77. The molecule has 3 aromatic rings. The fraction of sp³-hybridized carbons (Fsp3) is 0.182. The van der Waals surface area contributed by atoms with E-state index in [1.165, 1.54) is 19.5 Å². The van der Waals surface area contributed by atoms with Crippen LogP contribution in [0.15, 0.2) is 49.2 Å². The lowest BCUT2D eigenvalue weighted by Gasteiger charge is -2.11. The van der Waals surface area contributed by atoms with E-state index in [0.29, 0.717) is 45.0 Å². The summed E-state index contributed by atoms with van der Waals surface area (Å²) in [5.41, 5.74) is 2.55. The third-order valence-electron chi connectivity index (χ3n) is 4.21. The van der Waals surface area contributed by atoms with Crippen LogP contribution in [0.2, 0.25) is 10.0 Å². The van der Waals surface area contributed by atoms with Crippen LogP contribution >= 0.6 is 23.2 Å². The minimum Gasteiger partial charge on any atom is -0.488 e. The Balaban J connectivity index is 1.79. The SMILES string of the molecule is COc1ncc(C(C#N)=Cc2c(Cl)cncc2Cl)cc1OCCCc1cccnc1. The van der Waals surface area contributed by atoms with Gasteiger partial charge in [-0.25, -0.2) is 4.98 Å². The zero-order valence-electron chi connectivity index (χ0n) is 16.2. The average molecular weight is 441 g/mol. The molecule has 0 radical (unpaired) electrons. The Morgan fingerprint density at radius 1 is 1.17 bits per heavy atom. The summed E-state index contributed by atoms with van der Waals surface area (Å²) in [6, 6.07) is 7.80. The molecule has 0 unspecified atom stereocenters. The Bertz CT molecular complexity index is 1060. The summed E-state index contributed by atoms with van der Waals surface area (Å²) in [5.74, 6) is 0.798. The summed E-state index contributed by atoms with van der Waals surface area (Å²) in [5, 5.41) is 10.4. The van der Waals surface area contributed by atoms with E-state index in [1.54, 1.807) is 24.5 Å². The highest BCUT2D eigenvalue weighted by molar-refractivity contribution is 6.37. The molecule has 152 valence electrons. The van der Waals surface area contributed by atoms with Crippen LogP contribution < -0.4 is 9.47 Å². The van der Waals surface area contributed by atoms with Gasteiger partial charge in [0.25, 0.3) is 5.88 Å². The smallest absolute Gasteiger partial charge is 0.256 e. The number of nitriles is 1. The Kier molecular flexibility index (Phi) is 7.61. The van der Waals surface area contributed by atoms with Crippen LogP contribution in [0, 0.1) is 11.3 Å². The molecule has 3 aromatic heterocycles. The fourth-order valence-corrected chi connectivity index (χ4v) is 3.20. The number of allylic oxidation sites excluding steroid dienone is 1. The molecule has 0 aliphatic carbocycles. The second-order valence-electron chi connectivity index (χ2n) is 6.23. The molecule has 0 saturated carbocycles. The molecule has 3 rings (SSSR count). The quantitative estimate of drug-likeness (QED) is 0.350. The first kappa shape index (κ1) is 21.6. The van der Waals surface area contributed by atoms with Gasteiger partial charge in [-0.2, -0.15) is 5.26 Å². The van der Waals surface area contributed by atoms with Crippen molar-refractivity contribution in [3.63, 3.8) is 0 Å². The zero-order valence-corrected chi connectivity index (χ0v) is 17.7. The molecule has 0 aromatic carbocycles. The maximum absolute atomic E-state index is 9.65. The van der Waals surface area contributed by atoms with Gasteiger partial charge in [-0.15, -0.1) is 0 Å². The molecule has 0 fully saturated rings. The topological polar surface area (TPSA) is 80.9 Å². The second-order valence-corrected chi connectivity index (χ2v) is 7.05. The number of methoxy groups -OCH3 is 1. The minimum absolute atomic E-state index is 0.334. The van der Waals surface area contributed by atoms with Gasteiger partial charge in [-0.05, 0) is 36.6 Å². The van der Waals surface area contributed by atoms with Crippen molar-refractivity contribution < 1.29 is 9.47 Å². The number of rotatable bonds is 8. The van der Waals surface area contributed by atoms with E-state index < -0.39 is 0 Å². The third-order valence-corrected chi connectivity index (χ3v) is 4.81. The normalized spacial score (nSPS) is 11.1. The highest BCUT2D eigenvalue weighted by Crippen LogP contribution is 2.31. The largest absolute Gasteiger partial charge is 0.488 e. The van der Waals surface area contributed by atoms with Crippen LogP contribution in [0.4, 0.5) is 0 Å². The molecule has 0 aliphatic heterocycles. The predicted molar refractivity (Wildman–Crippen MR) is 117 cm³/mol. The van der Waals surface area contributed by atoms with Crippen LogP contribution in [0.5, 0.6) is 11.6 Å². The van der Waals surface area contributed by atoms with Crippen molar-refractivity contribution in [1.82, 2.24) is 15.0 Å². The van der Waals surface area contributed by atoms with Gasteiger partial charge in [-0.3, -0.25) is 9.97 Å². The lowest BCUT2D eigenvalue weighted by Crippen LogP contribution is -2.03. The number of halogens is 2. The van der Waals surface area contributed by atoms with Crippen molar-refractivity contribution >= 4 is 34.9 Å². The maximum Gasteiger partial charge on any atom is 0.256 e. The van der Waals surface area contributed by atoms with Gasteiger partial charge < -0.3 is 9.47 Å². The van der Waals surface area contributed by atoms with Crippen molar-refractivity contribution in [3.05, 3.63) is 75.9 Å². The van der Waals surface area contributed by atoms with Crippen molar-refractivity contribution in [3.8, 4) is 17.7 Å². The maximum atomic E-state index is 9.65. The monoisotopic (exact) mass is 440 g/mol. The third kappa shape index (κ3) is 5.47. The number of hydrogen-bond acceptors (Lipinski definition) is 6. The molecule has 0 amide bonds. The molecule has 0 spiro atoms. The molecule has 0 bridgehead atoms. The number of hydrogen-bond donors (Lipinski definition) is 0. The molecule has 30 heavy (non-hydrogen) atoms. The fourth-order valence-electron chi connectivity index (χ4n) is 2.72. The Morgan fingerprint density at radius 3 is 2.63 bits per heavy atom. The Morgan fingerprint density at radius 2 is 1.97 bits per heavy atom. The van der Waals surface area contributed by atoms with Crippen molar-refractivity contribution in [2.24, 2.45) is 0 Å². The van der Waals surface area contributed by atoms with Gasteiger partial charge in [0.1, 0.15) is 0 Å². The van der Waals surface area contributed by atoms with E-state index in [4.69, 9.17) is 32.7 Å². The summed E-state index contributed by atoms with van der Waals surface area (Å²) in [7, 11) is 1.52. The first-order chi connectivity index (χ1) is 14.6. The van der Waals surface area contributed by atoms with E-state index in [0.717, 1.165) is 18.4 Å². The summed E-state index contributed by atoms with van der Waals surface area (Å²) in [4.78, 5) is 12.3. The highest BCUT2D eigenvalue weighted by Gasteiger charge is 2.12. The van der Waals surface area contributed by atoms with E-state index in [-0.39, 0.29) is 0 Å². The van der Waals surface area contributed by atoms with Gasteiger partial charge in [0, 0.05) is 42.1 Å². The Labute approximate surface area is 184 Å². The van der Waals surface area contributed by atoms with E-state index in [2.05, 4.69) is 21.0 Å². The van der Waals surface area contributed by atoms with Gasteiger partial charge in [0.2, 0.25) is 0 Å². The number of ether oxygens (including phenoxy) is 2. The predicted octanol–water partition coefficient (Wildman–Crippen LogP) is 5.26. The summed E-state index contributed by atoms with van der Waals surface area (Å²) in [6.45, 7) is 0.462. The molecular formula is C22H18Cl2N4O2. The van der Waals surface area contributed by atoms with Gasteiger partial charge >= 0.3 is 0 Å². The number of pyridine rings is 3. The first-order valence-corrected chi connectivity index (χ1v) is 9.85. The Hall–Kier alpha value is -3.14. The first-order valence-electron chi connectivity index (χ1n) is 9.09. The zero-order chi connectivity index (χ0) is 21.3. The van der Waals surface area contributed by atoms with E-state index in [9.17, 15) is 5.26 Å². The minimum atomic E-state index is 0.334. The van der Waals surface area contributed by atoms with E-state index in [1.807, 2.05) is 18.3 Å². The van der Waals surface area contributed by atoms with Crippen molar-refractivity contribution in [1.29, 1.82) is 5.26 Å². The number of nitrogens with zero attached hydrogens (tertiary/aromatic N) is 4. The summed E-state index contributed by atoms with van der Waals surface area (Å²) >= 11 is 12.3. The van der Waals surface area contributed by atoms with E-state index >= 15 is 0 Å². The summed E-state index contributed by atoms with van der Waals surface area (Å²) in [6.07, 6.45) is 11.3. The molecule has 0 aliphatic rings. The molecule has 0 N–H and O–H groups in total. The molecule has 0 atom stereocenters. The number of aromatic nitrogens is 3. The molecule has 6 nitrogen and oxygen atoms in total. The summed E-state index contributed by atoms with van der Waals surface area (Å²) < 4.78 is 11.2. The molecule has 3 heterocycles. The molecular weight excluding hydrogens is 423 g/mol. The number of aryl methyl sites for hydroxylation is 1. The van der Waals surface area contributed by atoms with Crippen molar-refractivity contribution in [2.45, 2.75) is 12.8 Å². The second kappa shape index (κ2) is 10.6. The van der Waals surface area contributed by atoms with Crippen molar-refractivity contribution in [2.75, 3.05) is 13.7 Å². The molecule has 0 saturated heterocycles. The van der Waals surface area contributed by atoms with Crippen LogP contribution in [0.25, 0.3) is 11.6 Å². The van der Waals surface area contributed by atoms with Crippen LogP contribution in [-0.2, 0) is 6.42 Å². The van der Waals surface area contributed by atoms with Crippen LogP contribution in [0.3, 0.4) is 0 Å². The van der Waals surface area contributed by atoms with Gasteiger partial charge in [-0.1, -0.05) is 29.3 Å². The van der Waals surface area contributed by atoms with Gasteiger partial charge in [0.05, 0.1) is 35.4 Å². The lowest BCUT2D eigenvalue weighted by molar-refractivity contribution is 0.284. The van der Waals surface area contributed by atoms with Crippen LogP contribution in [0.1, 0.15) is 23.1 Å². The van der Waals surface area contributed by atoms with Gasteiger partial charge in [0.15, 0.2) is 5.75 Å².